The molecule has 0 aliphatic rings. The molecule has 0 aromatic carbocycles. The molecule has 0 aromatic rings. The number of hydrogen-bond acceptors (Lipinski definition) is 3. The molecule has 0 aliphatic carbocycles. The summed E-state index contributed by atoms with van der Waals surface area (Å²) in [5.41, 5.74) is 0. The van der Waals surface area contributed by atoms with Crippen LogP contribution in [0.15, 0.2) is 0 Å². The molecule has 0 spiro atoms. The van der Waals surface area contributed by atoms with Gasteiger partial charge >= 0.3 is 0 Å². The van der Waals surface area contributed by atoms with Gasteiger partial charge < -0.3 is 14.7 Å². The van der Waals surface area contributed by atoms with Crippen molar-refractivity contribution < 1.29 is 9.84 Å². The molecule has 62 valence electrons. The Morgan fingerprint density at radius 3 is 2.20 bits per heavy atom. The van der Waals surface area contributed by atoms with Gasteiger partial charge in [-0.25, -0.2) is 0 Å². The standard InChI is InChI=1S/C7H17NO2/c1-6(2)10-7(9)5-8(3)4/h6-7,9H,5H2,1-4H3. The molecule has 0 fully saturated rings. The normalized spacial score (nSPS) is 14.7. The van der Waals surface area contributed by atoms with Crippen LogP contribution in [0.5, 0.6) is 0 Å². The number of likely N-dealkylation sites (N-methyl/N-ethyl adjacent to an activating group) is 1. The predicted octanol–water partition coefficient (Wildman–Crippen LogP) is 0.291. The zero-order chi connectivity index (χ0) is 8.15. The molecule has 0 bridgehead atoms. The molecular weight excluding hydrogens is 130 g/mol. The smallest absolute Gasteiger partial charge is 0.167 e. The van der Waals surface area contributed by atoms with Crippen molar-refractivity contribution >= 4 is 0 Å². The first kappa shape index (κ1) is 9.88. The van der Waals surface area contributed by atoms with Gasteiger partial charge in [-0.05, 0) is 27.9 Å². The van der Waals surface area contributed by atoms with Gasteiger partial charge in [-0.1, -0.05) is 0 Å². The van der Waals surface area contributed by atoms with E-state index in [1.54, 1.807) is 0 Å². The van der Waals surface area contributed by atoms with E-state index >= 15 is 0 Å². The highest BCUT2D eigenvalue weighted by atomic mass is 16.6. The number of nitrogens with zero attached hydrogens (tertiary/aromatic N) is 1. The van der Waals surface area contributed by atoms with E-state index in [4.69, 9.17) is 9.84 Å². The molecule has 1 unspecified atom stereocenters. The maximum atomic E-state index is 9.13. The van der Waals surface area contributed by atoms with Crippen molar-refractivity contribution in [3.05, 3.63) is 0 Å². The van der Waals surface area contributed by atoms with Crippen molar-refractivity contribution in [2.45, 2.75) is 26.2 Å². The molecule has 0 aromatic heterocycles. The van der Waals surface area contributed by atoms with Crippen molar-refractivity contribution in [3.8, 4) is 0 Å². The van der Waals surface area contributed by atoms with Crippen LogP contribution in [-0.4, -0.2) is 43.0 Å². The maximum Gasteiger partial charge on any atom is 0.167 e. The van der Waals surface area contributed by atoms with E-state index in [9.17, 15) is 0 Å². The second kappa shape index (κ2) is 4.66. The van der Waals surface area contributed by atoms with Gasteiger partial charge in [0.15, 0.2) is 6.29 Å². The summed E-state index contributed by atoms with van der Waals surface area (Å²) < 4.78 is 5.07. The Labute approximate surface area is 62.6 Å². The molecule has 0 radical (unpaired) electrons. The molecule has 3 heteroatoms. The molecule has 0 rings (SSSR count). The Morgan fingerprint density at radius 1 is 1.40 bits per heavy atom. The summed E-state index contributed by atoms with van der Waals surface area (Å²) in [5.74, 6) is 0. The summed E-state index contributed by atoms with van der Waals surface area (Å²) in [4.78, 5) is 1.88. The molecule has 10 heavy (non-hydrogen) atoms. The first-order valence-corrected chi connectivity index (χ1v) is 3.50. The van der Waals surface area contributed by atoms with Crippen LogP contribution in [0.25, 0.3) is 0 Å². The van der Waals surface area contributed by atoms with Gasteiger partial charge in [-0.2, -0.15) is 0 Å². The monoisotopic (exact) mass is 147 g/mol. The second-order valence-electron chi connectivity index (χ2n) is 2.90. The van der Waals surface area contributed by atoms with Gasteiger partial charge in [0.05, 0.1) is 6.10 Å². The van der Waals surface area contributed by atoms with Crippen molar-refractivity contribution in [2.24, 2.45) is 0 Å². The number of aliphatic hydroxyl groups is 1. The van der Waals surface area contributed by atoms with Crippen LogP contribution >= 0.6 is 0 Å². The van der Waals surface area contributed by atoms with Gasteiger partial charge in [0.2, 0.25) is 0 Å². The lowest BCUT2D eigenvalue weighted by molar-refractivity contribution is -0.132. The fraction of sp³-hybridized carbons (Fsp3) is 1.00. The molecule has 0 saturated heterocycles. The Balaban J connectivity index is 3.34. The zero-order valence-electron chi connectivity index (χ0n) is 7.16. The van der Waals surface area contributed by atoms with Crippen LogP contribution < -0.4 is 0 Å². The predicted molar refractivity (Wildman–Crippen MR) is 40.8 cm³/mol. The highest BCUT2D eigenvalue weighted by Gasteiger charge is 2.06. The Morgan fingerprint density at radius 2 is 1.90 bits per heavy atom. The second-order valence-corrected chi connectivity index (χ2v) is 2.90. The first-order valence-electron chi connectivity index (χ1n) is 3.50. The summed E-state index contributed by atoms with van der Waals surface area (Å²) in [5, 5.41) is 9.13. The van der Waals surface area contributed by atoms with E-state index in [0.717, 1.165) is 0 Å². The third kappa shape index (κ3) is 6.01. The van der Waals surface area contributed by atoms with Crippen LogP contribution in [0.4, 0.5) is 0 Å². The van der Waals surface area contributed by atoms with E-state index in [1.807, 2.05) is 32.8 Å². The quantitative estimate of drug-likeness (QED) is 0.580. The molecule has 1 atom stereocenters. The first-order chi connectivity index (χ1) is 4.52. The van der Waals surface area contributed by atoms with Crippen LogP contribution in [0.3, 0.4) is 0 Å². The summed E-state index contributed by atoms with van der Waals surface area (Å²) in [6, 6.07) is 0. The van der Waals surface area contributed by atoms with Gasteiger partial charge in [0.25, 0.3) is 0 Å². The molecule has 0 saturated carbocycles. The van der Waals surface area contributed by atoms with E-state index < -0.39 is 6.29 Å². The lowest BCUT2D eigenvalue weighted by Gasteiger charge is -2.18. The minimum Gasteiger partial charge on any atom is -0.367 e. The molecule has 1 N–H and O–H groups in total. The molecule has 0 aliphatic heterocycles. The Hall–Kier alpha value is -0.120. The van der Waals surface area contributed by atoms with E-state index in [1.165, 1.54) is 0 Å². The summed E-state index contributed by atoms with van der Waals surface area (Å²) in [7, 11) is 3.79. The number of rotatable bonds is 4. The van der Waals surface area contributed by atoms with Crippen LogP contribution in [0.2, 0.25) is 0 Å². The minimum absolute atomic E-state index is 0.0925. The topological polar surface area (TPSA) is 32.7 Å². The van der Waals surface area contributed by atoms with E-state index in [-0.39, 0.29) is 6.10 Å². The average Bonchev–Trinajstić information content (AvgIpc) is 1.58. The summed E-state index contributed by atoms with van der Waals surface area (Å²) >= 11 is 0. The van der Waals surface area contributed by atoms with Crippen molar-refractivity contribution in [1.82, 2.24) is 4.90 Å². The van der Waals surface area contributed by atoms with Gasteiger partial charge in [-0.15, -0.1) is 0 Å². The number of aliphatic hydroxyl groups excluding tert-OH is 1. The summed E-state index contributed by atoms with van der Waals surface area (Å²) in [6.07, 6.45) is -0.565. The van der Waals surface area contributed by atoms with Crippen LogP contribution in [0.1, 0.15) is 13.8 Å². The van der Waals surface area contributed by atoms with Gasteiger partial charge in [-0.3, -0.25) is 0 Å². The Bertz CT molecular complexity index is 73.7. The number of hydrogen-bond donors (Lipinski definition) is 1. The third-order valence-corrected chi connectivity index (χ3v) is 0.951. The fourth-order valence-corrected chi connectivity index (χ4v) is 0.670. The average molecular weight is 147 g/mol. The zero-order valence-corrected chi connectivity index (χ0v) is 7.16. The Kier molecular flexibility index (Phi) is 4.60. The molecule has 3 nitrogen and oxygen atoms in total. The lowest BCUT2D eigenvalue weighted by atomic mass is 10.4. The highest BCUT2D eigenvalue weighted by molar-refractivity contribution is 4.48. The third-order valence-electron chi connectivity index (χ3n) is 0.951. The minimum atomic E-state index is -0.657. The molecule has 0 heterocycles. The SMILES string of the molecule is CC(C)OC(O)CN(C)C. The van der Waals surface area contributed by atoms with Crippen LogP contribution in [-0.2, 0) is 4.74 Å². The van der Waals surface area contributed by atoms with Gasteiger partial charge in [0, 0.05) is 6.54 Å². The fourth-order valence-electron chi connectivity index (χ4n) is 0.670. The van der Waals surface area contributed by atoms with E-state index in [2.05, 4.69) is 0 Å². The van der Waals surface area contributed by atoms with Crippen molar-refractivity contribution in [3.63, 3.8) is 0 Å². The maximum absolute atomic E-state index is 9.13. The van der Waals surface area contributed by atoms with Crippen molar-refractivity contribution in [1.29, 1.82) is 0 Å². The van der Waals surface area contributed by atoms with Crippen molar-refractivity contribution in [2.75, 3.05) is 20.6 Å². The van der Waals surface area contributed by atoms with Gasteiger partial charge in [0.1, 0.15) is 0 Å². The van der Waals surface area contributed by atoms with E-state index in [0.29, 0.717) is 6.54 Å². The highest BCUT2D eigenvalue weighted by Crippen LogP contribution is 1.94. The lowest BCUT2D eigenvalue weighted by Crippen LogP contribution is -2.29. The molecule has 0 amide bonds. The number of ether oxygens (including phenoxy) is 1. The summed E-state index contributed by atoms with van der Waals surface area (Å²) in [6.45, 7) is 4.36. The largest absolute Gasteiger partial charge is 0.367 e. The molecular formula is C7H17NO2. The van der Waals surface area contributed by atoms with Crippen LogP contribution in [0, 0.1) is 0 Å².